The van der Waals surface area contributed by atoms with Gasteiger partial charge in [-0.25, -0.2) is 0 Å². The molecular weight excluding hydrogens is 212 g/mol. The van der Waals surface area contributed by atoms with Crippen molar-refractivity contribution < 1.29 is 9.53 Å². The molecule has 0 aromatic carbocycles. The van der Waals surface area contributed by atoms with Crippen LogP contribution in [0.3, 0.4) is 0 Å². The maximum absolute atomic E-state index is 10.5. The molecule has 2 nitrogen and oxygen atoms in total. The van der Waals surface area contributed by atoms with Crippen LogP contribution in [0.15, 0.2) is 0 Å². The van der Waals surface area contributed by atoms with E-state index in [4.69, 9.17) is 16.3 Å². The van der Waals surface area contributed by atoms with Crippen LogP contribution >= 0.6 is 11.6 Å². The molecule has 0 N–H and O–H groups in total. The molecule has 0 aromatic rings. The molecule has 0 saturated heterocycles. The minimum atomic E-state index is -0.247. The van der Waals surface area contributed by atoms with Crippen molar-refractivity contribution in [2.24, 2.45) is 0 Å². The summed E-state index contributed by atoms with van der Waals surface area (Å²) in [6, 6.07) is 0. The maximum Gasteiger partial charge on any atom is 0.302 e. The lowest BCUT2D eigenvalue weighted by Crippen LogP contribution is -2.11. The van der Waals surface area contributed by atoms with Crippen molar-refractivity contribution in [3.8, 4) is 0 Å². The molecule has 0 bridgehead atoms. The molecule has 90 valence electrons. The Morgan fingerprint density at radius 3 is 2.40 bits per heavy atom. The number of alkyl halides is 1. The van der Waals surface area contributed by atoms with Crippen molar-refractivity contribution in [3.05, 3.63) is 0 Å². The summed E-state index contributed by atoms with van der Waals surface area (Å²) in [5, 5.41) is -0.0138. The van der Waals surface area contributed by atoms with Gasteiger partial charge in [-0.3, -0.25) is 4.79 Å². The van der Waals surface area contributed by atoms with Crippen LogP contribution in [0.4, 0.5) is 0 Å². The Bertz CT molecular complexity index is 160. The molecule has 0 aliphatic carbocycles. The monoisotopic (exact) mass is 234 g/mol. The van der Waals surface area contributed by atoms with Crippen LogP contribution in [0.2, 0.25) is 0 Å². The molecule has 0 radical (unpaired) electrons. The van der Waals surface area contributed by atoms with Gasteiger partial charge in [-0.2, -0.15) is 0 Å². The second kappa shape index (κ2) is 10.3. The summed E-state index contributed by atoms with van der Waals surface area (Å²) < 4.78 is 4.83. The number of rotatable bonds is 9. The average molecular weight is 235 g/mol. The fourth-order valence-corrected chi connectivity index (χ4v) is 1.65. The minimum absolute atomic E-state index is 0.0138. The molecule has 0 heterocycles. The van der Waals surface area contributed by atoms with E-state index < -0.39 is 0 Å². The van der Waals surface area contributed by atoms with Gasteiger partial charge in [0.1, 0.15) is 6.61 Å². The molecule has 0 aliphatic heterocycles. The largest absolute Gasteiger partial charge is 0.464 e. The predicted octanol–water partition coefficient (Wildman–Crippen LogP) is 3.91. The first-order chi connectivity index (χ1) is 7.16. The van der Waals surface area contributed by atoms with Gasteiger partial charge in [0.05, 0.1) is 5.38 Å². The normalized spacial score (nSPS) is 12.5. The predicted molar refractivity (Wildman–Crippen MR) is 64.3 cm³/mol. The van der Waals surface area contributed by atoms with Crippen molar-refractivity contribution in [2.45, 2.75) is 64.2 Å². The van der Waals surface area contributed by atoms with E-state index in [1.807, 2.05) is 0 Å². The highest BCUT2D eigenvalue weighted by Crippen LogP contribution is 2.12. The molecule has 3 heteroatoms. The van der Waals surface area contributed by atoms with E-state index in [0.29, 0.717) is 6.61 Å². The summed E-state index contributed by atoms with van der Waals surface area (Å²) in [5.74, 6) is -0.247. The zero-order chi connectivity index (χ0) is 11.5. The third-order valence-electron chi connectivity index (χ3n) is 2.34. The third-order valence-corrected chi connectivity index (χ3v) is 2.68. The fourth-order valence-electron chi connectivity index (χ4n) is 1.44. The van der Waals surface area contributed by atoms with Crippen molar-refractivity contribution in [1.82, 2.24) is 0 Å². The van der Waals surface area contributed by atoms with Gasteiger partial charge in [-0.1, -0.05) is 45.4 Å². The molecule has 0 aliphatic rings. The highest BCUT2D eigenvalue weighted by molar-refractivity contribution is 6.20. The number of hydrogen-bond donors (Lipinski definition) is 0. The van der Waals surface area contributed by atoms with E-state index in [1.165, 1.54) is 39.0 Å². The van der Waals surface area contributed by atoms with Gasteiger partial charge in [0.2, 0.25) is 0 Å². The Balaban J connectivity index is 3.16. The second-order valence-corrected chi connectivity index (χ2v) is 4.57. The molecule has 0 rings (SSSR count). The number of halogens is 1. The Morgan fingerprint density at radius 1 is 1.20 bits per heavy atom. The summed E-state index contributed by atoms with van der Waals surface area (Å²) in [4.78, 5) is 10.5. The average Bonchev–Trinajstić information content (AvgIpc) is 2.20. The van der Waals surface area contributed by atoms with Crippen LogP contribution in [0.1, 0.15) is 58.8 Å². The van der Waals surface area contributed by atoms with E-state index in [2.05, 4.69) is 6.92 Å². The van der Waals surface area contributed by atoms with Gasteiger partial charge in [-0.15, -0.1) is 11.6 Å². The molecule has 1 unspecified atom stereocenters. The van der Waals surface area contributed by atoms with Crippen LogP contribution < -0.4 is 0 Å². The van der Waals surface area contributed by atoms with Gasteiger partial charge in [0.15, 0.2) is 0 Å². The van der Waals surface area contributed by atoms with E-state index in [0.717, 1.165) is 12.8 Å². The lowest BCUT2D eigenvalue weighted by Gasteiger charge is -2.08. The minimum Gasteiger partial charge on any atom is -0.464 e. The summed E-state index contributed by atoms with van der Waals surface area (Å²) >= 11 is 5.99. The number of carbonyl (C=O) groups excluding carboxylic acids is 1. The smallest absolute Gasteiger partial charge is 0.302 e. The summed E-state index contributed by atoms with van der Waals surface area (Å²) in [7, 11) is 0. The molecular formula is C12H23ClO2. The lowest BCUT2D eigenvalue weighted by atomic mass is 10.1. The standard InChI is InChI=1S/C12H23ClO2/c1-3-4-5-6-7-8-9-12(13)10-15-11(2)14/h12H,3-10H2,1-2H3. The molecule has 15 heavy (non-hydrogen) atoms. The van der Waals surface area contributed by atoms with Crippen LogP contribution in [0.5, 0.6) is 0 Å². The molecule has 0 saturated carbocycles. The molecule has 0 spiro atoms. The van der Waals surface area contributed by atoms with Crippen molar-refractivity contribution in [2.75, 3.05) is 6.61 Å². The SMILES string of the molecule is CCCCCCCCC(Cl)COC(C)=O. The summed E-state index contributed by atoms with van der Waals surface area (Å²) in [6.07, 6.45) is 8.56. The highest BCUT2D eigenvalue weighted by Gasteiger charge is 2.05. The quantitative estimate of drug-likeness (QED) is 0.344. The van der Waals surface area contributed by atoms with Crippen LogP contribution in [-0.2, 0) is 9.53 Å². The third kappa shape index (κ3) is 11.7. The highest BCUT2D eigenvalue weighted by atomic mass is 35.5. The Hall–Kier alpha value is -0.240. The second-order valence-electron chi connectivity index (χ2n) is 3.96. The van der Waals surface area contributed by atoms with Gasteiger partial charge >= 0.3 is 5.97 Å². The number of hydrogen-bond acceptors (Lipinski definition) is 2. The van der Waals surface area contributed by atoms with E-state index in [1.54, 1.807) is 0 Å². The van der Waals surface area contributed by atoms with E-state index >= 15 is 0 Å². The zero-order valence-electron chi connectivity index (χ0n) is 9.93. The van der Waals surface area contributed by atoms with Gasteiger partial charge in [0, 0.05) is 6.92 Å². The number of carbonyl (C=O) groups is 1. The Kier molecular flexibility index (Phi) is 10.1. The van der Waals surface area contributed by atoms with Crippen LogP contribution in [-0.4, -0.2) is 18.0 Å². The first-order valence-corrected chi connectivity index (χ1v) is 6.38. The summed E-state index contributed by atoms with van der Waals surface area (Å²) in [6.45, 7) is 3.98. The summed E-state index contributed by atoms with van der Waals surface area (Å²) in [5.41, 5.74) is 0. The van der Waals surface area contributed by atoms with Gasteiger partial charge < -0.3 is 4.74 Å². The molecule has 0 aromatic heterocycles. The number of esters is 1. The first kappa shape index (κ1) is 14.8. The van der Waals surface area contributed by atoms with Crippen molar-refractivity contribution >= 4 is 17.6 Å². The number of ether oxygens (including phenoxy) is 1. The van der Waals surface area contributed by atoms with Crippen LogP contribution in [0, 0.1) is 0 Å². The molecule has 0 fully saturated rings. The topological polar surface area (TPSA) is 26.3 Å². The zero-order valence-corrected chi connectivity index (χ0v) is 10.7. The van der Waals surface area contributed by atoms with Crippen molar-refractivity contribution in [1.29, 1.82) is 0 Å². The molecule has 0 amide bonds. The van der Waals surface area contributed by atoms with Gasteiger partial charge in [0.25, 0.3) is 0 Å². The Morgan fingerprint density at radius 2 is 1.80 bits per heavy atom. The maximum atomic E-state index is 10.5. The number of unbranched alkanes of at least 4 members (excludes halogenated alkanes) is 5. The molecule has 1 atom stereocenters. The first-order valence-electron chi connectivity index (χ1n) is 5.94. The van der Waals surface area contributed by atoms with E-state index in [-0.39, 0.29) is 11.3 Å². The Labute approximate surface area is 98.3 Å². The fraction of sp³-hybridized carbons (Fsp3) is 0.917. The van der Waals surface area contributed by atoms with Gasteiger partial charge in [-0.05, 0) is 6.42 Å². The van der Waals surface area contributed by atoms with E-state index in [9.17, 15) is 4.79 Å². The van der Waals surface area contributed by atoms with Crippen molar-refractivity contribution in [3.63, 3.8) is 0 Å². The van der Waals surface area contributed by atoms with Crippen LogP contribution in [0.25, 0.3) is 0 Å². The lowest BCUT2D eigenvalue weighted by molar-refractivity contribution is -0.140.